The number of esters is 1. The fourth-order valence-electron chi connectivity index (χ4n) is 3.24. The fourth-order valence-corrected chi connectivity index (χ4v) is 3.92. The molecule has 1 aromatic carbocycles. The van der Waals surface area contributed by atoms with E-state index in [0.717, 1.165) is 17.5 Å². The molecule has 144 valence electrons. The first-order valence-corrected chi connectivity index (χ1v) is 10.0. The summed E-state index contributed by atoms with van der Waals surface area (Å²) in [4.78, 5) is 31.8. The number of amides is 1. The summed E-state index contributed by atoms with van der Waals surface area (Å²) in [6.07, 6.45) is 2.90. The summed E-state index contributed by atoms with van der Waals surface area (Å²) in [5, 5.41) is 1.85. The monoisotopic (exact) mass is 396 g/mol. The van der Waals surface area contributed by atoms with Crippen molar-refractivity contribution < 1.29 is 18.7 Å². The largest absolute Gasteiger partial charge is 0.458 e. The van der Waals surface area contributed by atoms with Crippen molar-refractivity contribution in [3.8, 4) is 11.5 Å². The molecule has 1 atom stereocenters. The number of ether oxygens (including phenoxy) is 1. The normalized spacial score (nSPS) is 16.3. The van der Waals surface area contributed by atoms with Crippen LogP contribution in [0.3, 0.4) is 0 Å². The lowest BCUT2D eigenvalue weighted by molar-refractivity contribution is -0.149. The molecule has 3 aromatic rings. The van der Waals surface area contributed by atoms with Crippen molar-refractivity contribution in [3.63, 3.8) is 0 Å². The van der Waals surface area contributed by atoms with Crippen LogP contribution in [0.15, 0.2) is 52.5 Å². The molecule has 0 bridgehead atoms. The number of hydrogen-bond donors (Lipinski definition) is 0. The molecule has 1 aliphatic heterocycles. The molecular weight excluding hydrogens is 376 g/mol. The van der Waals surface area contributed by atoms with Gasteiger partial charge in [0.25, 0.3) is 5.91 Å². The number of aryl methyl sites for hydroxylation is 1. The molecule has 3 heterocycles. The first kappa shape index (κ1) is 18.4. The Labute approximate surface area is 166 Å². The molecule has 28 heavy (non-hydrogen) atoms. The van der Waals surface area contributed by atoms with Crippen LogP contribution in [-0.2, 0) is 16.1 Å². The van der Waals surface area contributed by atoms with Crippen molar-refractivity contribution in [2.75, 3.05) is 6.54 Å². The predicted molar refractivity (Wildman–Crippen MR) is 105 cm³/mol. The first-order valence-electron chi connectivity index (χ1n) is 9.14. The van der Waals surface area contributed by atoms with Gasteiger partial charge in [-0.3, -0.25) is 4.79 Å². The molecule has 4 rings (SSSR count). The summed E-state index contributed by atoms with van der Waals surface area (Å²) in [6.45, 7) is 2.60. The molecular formula is C21H20N2O4S. The Bertz CT molecular complexity index is 963. The molecule has 2 aromatic heterocycles. The van der Waals surface area contributed by atoms with Crippen molar-refractivity contribution in [1.82, 2.24) is 9.88 Å². The van der Waals surface area contributed by atoms with Crippen molar-refractivity contribution in [3.05, 3.63) is 64.2 Å². The number of hydrogen-bond acceptors (Lipinski definition) is 6. The molecule has 6 nitrogen and oxygen atoms in total. The minimum absolute atomic E-state index is 0.0196. The van der Waals surface area contributed by atoms with Crippen LogP contribution in [0.5, 0.6) is 0 Å². The number of benzene rings is 1. The molecule has 1 fully saturated rings. The number of nitrogens with zero attached hydrogens (tertiary/aromatic N) is 2. The molecule has 0 radical (unpaired) electrons. The molecule has 0 N–H and O–H groups in total. The third-order valence-electron chi connectivity index (χ3n) is 4.73. The number of carbonyl (C=O) groups is 2. The lowest BCUT2D eigenvalue weighted by atomic mass is 10.1. The standard InChI is InChI=1S/C21H20N2O4S/c1-14-6-8-15(9-7-14)19-22-16(12-26-19)13-27-21(25)17-4-2-10-23(17)20(24)18-5-3-11-28-18/h3,5-9,11-12,17H,2,4,10,13H2,1H3/t17-/m0/s1. The molecule has 0 spiro atoms. The van der Waals surface area contributed by atoms with E-state index in [4.69, 9.17) is 9.15 Å². The lowest BCUT2D eigenvalue weighted by Gasteiger charge is -2.22. The van der Waals surface area contributed by atoms with E-state index in [1.165, 1.54) is 17.6 Å². The summed E-state index contributed by atoms with van der Waals surface area (Å²) < 4.78 is 10.9. The van der Waals surface area contributed by atoms with Gasteiger partial charge in [-0.2, -0.15) is 0 Å². The van der Waals surface area contributed by atoms with E-state index in [9.17, 15) is 9.59 Å². The molecule has 0 aliphatic carbocycles. The van der Waals surface area contributed by atoms with Crippen LogP contribution in [-0.4, -0.2) is 34.3 Å². The van der Waals surface area contributed by atoms with E-state index >= 15 is 0 Å². The highest BCUT2D eigenvalue weighted by Crippen LogP contribution is 2.24. The van der Waals surface area contributed by atoms with Crippen molar-refractivity contribution in [2.45, 2.75) is 32.4 Å². The van der Waals surface area contributed by atoms with Crippen LogP contribution in [0.4, 0.5) is 0 Å². The fraction of sp³-hybridized carbons (Fsp3) is 0.286. The third kappa shape index (κ3) is 3.84. The number of thiophene rings is 1. The summed E-state index contributed by atoms with van der Waals surface area (Å²) in [6, 6.07) is 10.9. The van der Waals surface area contributed by atoms with Crippen LogP contribution >= 0.6 is 11.3 Å². The van der Waals surface area contributed by atoms with Gasteiger partial charge in [0, 0.05) is 12.1 Å². The number of aromatic nitrogens is 1. The minimum atomic E-state index is -0.543. The summed E-state index contributed by atoms with van der Waals surface area (Å²) >= 11 is 1.38. The molecule has 0 saturated carbocycles. The maximum atomic E-state index is 12.6. The number of rotatable bonds is 5. The molecule has 0 unspecified atom stereocenters. The zero-order valence-corrected chi connectivity index (χ0v) is 16.3. The predicted octanol–water partition coefficient (Wildman–Crippen LogP) is 4.06. The molecule has 1 saturated heterocycles. The molecule has 1 amide bonds. The average Bonchev–Trinajstić information content (AvgIpc) is 3.47. The topological polar surface area (TPSA) is 72.6 Å². The maximum Gasteiger partial charge on any atom is 0.329 e. The highest BCUT2D eigenvalue weighted by atomic mass is 32.1. The van der Waals surface area contributed by atoms with E-state index in [2.05, 4.69) is 4.98 Å². The van der Waals surface area contributed by atoms with Gasteiger partial charge in [0.15, 0.2) is 0 Å². The Morgan fingerprint density at radius 2 is 2.11 bits per heavy atom. The second-order valence-corrected chi connectivity index (χ2v) is 7.70. The first-order chi connectivity index (χ1) is 13.6. The van der Waals surface area contributed by atoms with Gasteiger partial charge >= 0.3 is 5.97 Å². The molecule has 7 heteroatoms. The van der Waals surface area contributed by atoms with Crippen molar-refractivity contribution in [1.29, 1.82) is 0 Å². The Hall–Kier alpha value is -2.93. The van der Waals surface area contributed by atoms with Crippen LogP contribution in [0.25, 0.3) is 11.5 Å². The van der Waals surface area contributed by atoms with Crippen molar-refractivity contribution in [2.24, 2.45) is 0 Å². The van der Waals surface area contributed by atoms with E-state index in [1.54, 1.807) is 11.0 Å². The van der Waals surface area contributed by atoms with Gasteiger partial charge in [-0.25, -0.2) is 9.78 Å². The number of likely N-dealkylation sites (tertiary alicyclic amines) is 1. The smallest absolute Gasteiger partial charge is 0.329 e. The van der Waals surface area contributed by atoms with E-state index in [0.29, 0.717) is 29.4 Å². The van der Waals surface area contributed by atoms with E-state index in [1.807, 2.05) is 42.6 Å². The number of oxazole rings is 1. The Morgan fingerprint density at radius 1 is 1.29 bits per heavy atom. The van der Waals surface area contributed by atoms with Crippen LogP contribution < -0.4 is 0 Å². The van der Waals surface area contributed by atoms with Gasteiger partial charge in [0.1, 0.15) is 24.6 Å². The average molecular weight is 396 g/mol. The SMILES string of the molecule is Cc1ccc(-c2nc(COC(=O)[C@@H]3CCCN3C(=O)c3cccs3)co2)cc1. The quantitative estimate of drug-likeness (QED) is 0.608. The Balaban J connectivity index is 1.37. The van der Waals surface area contributed by atoms with E-state index < -0.39 is 12.0 Å². The highest BCUT2D eigenvalue weighted by molar-refractivity contribution is 7.12. The van der Waals surface area contributed by atoms with Crippen LogP contribution in [0.1, 0.15) is 33.8 Å². The minimum Gasteiger partial charge on any atom is -0.458 e. The third-order valence-corrected chi connectivity index (χ3v) is 5.59. The van der Waals surface area contributed by atoms with E-state index in [-0.39, 0.29) is 12.5 Å². The second-order valence-electron chi connectivity index (χ2n) is 6.75. The second kappa shape index (κ2) is 7.98. The van der Waals surface area contributed by atoms with Gasteiger partial charge in [-0.1, -0.05) is 23.8 Å². The zero-order valence-electron chi connectivity index (χ0n) is 15.5. The van der Waals surface area contributed by atoms with Gasteiger partial charge < -0.3 is 14.1 Å². The summed E-state index contributed by atoms with van der Waals surface area (Å²) in [5.41, 5.74) is 2.56. The van der Waals surface area contributed by atoms with Gasteiger partial charge in [0.05, 0.1) is 4.88 Å². The highest BCUT2D eigenvalue weighted by Gasteiger charge is 2.36. The van der Waals surface area contributed by atoms with Crippen LogP contribution in [0, 0.1) is 6.92 Å². The maximum absolute atomic E-state index is 12.6. The Kier molecular flexibility index (Phi) is 5.25. The zero-order chi connectivity index (χ0) is 19.5. The summed E-state index contributed by atoms with van der Waals surface area (Å²) in [5.74, 6) is -0.0266. The van der Waals surface area contributed by atoms with Gasteiger partial charge in [-0.15, -0.1) is 11.3 Å². The Morgan fingerprint density at radius 3 is 2.86 bits per heavy atom. The van der Waals surface area contributed by atoms with Gasteiger partial charge in [-0.05, 0) is 43.3 Å². The molecule has 1 aliphatic rings. The van der Waals surface area contributed by atoms with Crippen molar-refractivity contribution >= 4 is 23.2 Å². The summed E-state index contributed by atoms with van der Waals surface area (Å²) in [7, 11) is 0. The lowest BCUT2D eigenvalue weighted by Crippen LogP contribution is -2.41. The number of carbonyl (C=O) groups excluding carboxylic acids is 2. The van der Waals surface area contributed by atoms with Gasteiger partial charge in [0.2, 0.25) is 5.89 Å². The van der Waals surface area contributed by atoms with Crippen LogP contribution in [0.2, 0.25) is 0 Å².